The van der Waals surface area contributed by atoms with Crippen LogP contribution >= 0.6 is 0 Å². The van der Waals surface area contributed by atoms with Crippen molar-refractivity contribution in [3.63, 3.8) is 0 Å². The number of ether oxygens (including phenoxy) is 2. The number of carbonyl (C=O) groups excluding carboxylic acids is 2. The number of nitrogens with zero attached hydrogens (tertiary/aromatic N) is 4. The maximum atomic E-state index is 11.9. The molecular formula is C12H10N4O4. The van der Waals surface area contributed by atoms with Crippen LogP contribution in [0.15, 0.2) is 30.6 Å². The standard InChI is InChI=1S/C12H10N4O4/c17-11(20-10-5-6-19-12(10)18)8-1-3-9(4-2-8)16-7-13-14-15-16/h1-4,7,10H,5-6H2/t10-/m1/s1. The predicted molar refractivity (Wildman–Crippen MR) is 63.9 cm³/mol. The van der Waals surface area contributed by atoms with Gasteiger partial charge in [0.1, 0.15) is 6.33 Å². The lowest BCUT2D eigenvalue weighted by Gasteiger charge is -2.08. The van der Waals surface area contributed by atoms with E-state index in [0.717, 1.165) is 0 Å². The Labute approximate surface area is 113 Å². The van der Waals surface area contributed by atoms with Crippen molar-refractivity contribution in [2.24, 2.45) is 0 Å². The second-order valence-corrected chi connectivity index (χ2v) is 4.15. The molecule has 0 unspecified atom stereocenters. The van der Waals surface area contributed by atoms with Crippen LogP contribution < -0.4 is 0 Å². The van der Waals surface area contributed by atoms with Crippen LogP contribution in [0, 0.1) is 0 Å². The minimum Gasteiger partial charge on any atom is -0.463 e. The number of tetrazole rings is 1. The first kappa shape index (κ1) is 12.3. The van der Waals surface area contributed by atoms with Crippen molar-refractivity contribution < 1.29 is 19.1 Å². The summed E-state index contributed by atoms with van der Waals surface area (Å²) >= 11 is 0. The number of carbonyl (C=O) groups is 2. The Balaban J connectivity index is 1.71. The highest BCUT2D eigenvalue weighted by Gasteiger charge is 2.30. The molecule has 8 heteroatoms. The minimum atomic E-state index is -0.804. The Morgan fingerprint density at radius 3 is 2.75 bits per heavy atom. The number of benzene rings is 1. The van der Waals surface area contributed by atoms with Gasteiger partial charge < -0.3 is 9.47 Å². The molecule has 1 aliphatic rings. The molecule has 3 rings (SSSR count). The van der Waals surface area contributed by atoms with Crippen LogP contribution in [-0.2, 0) is 14.3 Å². The molecule has 8 nitrogen and oxygen atoms in total. The molecule has 0 bridgehead atoms. The molecule has 2 aromatic rings. The van der Waals surface area contributed by atoms with Crippen LogP contribution in [0.25, 0.3) is 5.69 Å². The molecule has 1 aromatic carbocycles. The monoisotopic (exact) mass is 274 g/mol. The van der Waals surface area contributed by atoms with E-state index in [1.54, 1.807) is 24.3 Å². The molecule has 1 fully saturated rings. The number of rotatable bonds is 3. The largest absolute Gasteiger partial charge is 0.463 e. The summed E-state index contributed by atoms with van der Waals surface area (Å²) in [5, 5.41) is 10.8. The maximum absolute atomic E-state index is 11.9. The number of hydrogen-bond donors (Lipinski definition) is 0. The molecule has 0 saturated carbocycles. The Kier molecular flexibility index (Phi) is 3.12. The summed E-state index contributed by atoms with van der Waals surface area (Å²) in [6, 6.07) is 6.53. The van der Waals surface area contributed by atoms with Crippen molar-refractivity contribution in [3.05, 3.63) is 36.2 Å². The van der Waals surface area contributed by atoms with Crippen LogP contribution in [0.1, 0.15) is 16.8 Å². The third kappa shape index (κ3) is 2.35. The maximum Gasteiger partial charge on any atom is 0.347 e. The van der Waals surface area contributed by atoms with Gasteiger partial charge in [-0.3, -0.25) is 0 Å². The highest BCUT2D eigenvalue weighted by atomic mass is 16.6. The van der Waals surface area contributed by atoms with Crippen molar-refractivity contribution in [3.8, 4) is 5.69 Å². The fraction of sp³-hybridized carbons (Fsp3) is 0.250. The van der Waals surface area contributed by atoms with Crippen molar-refractivity contribution in [1.82, 2.24) is 20.2 Å². The number of cyclic esters (lactones) is 1. The fourth-order valence-corrected chi connectivity index (χ4v) is 1.81. The minimum absolute atomic E-state index is 0.287. The molecule has 0 amide bonds. The van der Waals surface area contributed by atoms with E-state index in [2.05, 4.69) is 15.5 Å². The van der Waals surface area contributed by atoms with Crippen molar-refractivity contribution >= 4 is 11.9 Å². The van der Waals surface area contributed by atoms with Gasteiger partial charge in [0.15, 0.2) is 0 Å². The summed E-state index contributed by atoms with van der Waals surface area (Å²) < 4.78 is 11.3. The van der Waals surface area contributed by atoms with Gasteiger partial charge in [0.2, 0.25) is 6.10 Å². The Morgan fingerprint density at radius 1 is 1.35 bits per heavy atom. The molecule has 0 N–H and O–H groups in total. The van der Waals surface area contributed by atoms with Crippen LogP contribution in [0.5, 0.6) is 0 Å². The van der Waals surface area contributed by atoms with Gasteiger partial charge >= 0.3 is 11.9 Å². The Morgan fingerprint density at radius 2 is 2.15 bits per heavy atom. The van der Waals surface area contributed by atoms with E-state index >= 15 is 0 Å². The zero-order chi connectivity index (χ0) is 13.9. The summed E-state index contributed by atoms with van der Waals surface area (Å²) in [5.41, 5.74) is 1.06. The van der Waals surface area contributed by atoms with Crippen LogP contribution in [0.3, 0.4) is 0 Å². The van der Waals surface area contributed by atoms with Gasteiger partial charge in [-0.1, -0.05) is 0 Å². The lowest BCUT2D eigenvalue weighted by atomic mass is 10.2. The van der Waals surface area contributed by atoms with E-state index in [1.165, 1.54) is 11.0 Å². The Bertz CT molecular complexity index is 623. The third-order valence-electron chi connectivity index (χ3n) is 2.85. The van der Waals surface area contributed by atoms with E-state index in [0.29, 0.717) is 17.7 Å². The van der Waals surface area contributed by atoms with Crippen molar-refractivity contribution in [1.29, 1.82) is 0 Å². The SMILES string of the molecule is O=C(O[C@@H]1CCOC1=O)c1ccc(-n2cnnn2)cc1. The topological polar surface area (TPSA) is 96.2 Å². The van der Waals surface area contributed by atoms with Crippen LogP contribution in [0.4, 0.5) is 0 Å². The number of hydrogen-bond acceptors (Lipinski definition) is 7. The second kappa shape index (κ2) is 5.08. The lowest BCUT2D eigenvalue weighted by Crippen LogP contribution is -2.22. The predicted octanol–water partition coefficient (Wildman–Crippen LogP) is 0.135. The molecule has 1 atom stereocenters. The van der Waals surface area contributed by atoms with Gasteiger partial charge in [-0.15, -0.1) is 5.10 Å². The van der Waals surface area contributed by atoms with Gasteiger partial charge in [-0.05, 0) is 34.7 Å². The number of esters is 2. The average Bonchev–Trinajstić information content (AvgIpc) is 3.12. The summed E-state index contributed by atoms with van der Waals surface area (Å²) in [6.45, 7) is 0.287. The molecular weight excluding hydrogens is 264 g/mol. The summed E-state index contributed by atoms with van der Waals surface area (Å²) in [5.74, 6) is -1.05. The fourth-order valence-electron chi connectivity index (χ4n) is 1.81. The molecule has 1 aliphatic heterocycles. The highest BCUT2D eigenvalue weighted by molar-refractivity contribution is 5.91. The molecule has 0 radical (unpaired) electrons. The van der Waals surface area contributed by atoms with E-state index in [-0.39, 0.29) is 6.61 Å². The molecule has 102 valence electrons. The van der Waals surface area contributed by atoms with E-state index in [1.807, 2.05) is 0 Å². The molecule has 2 heterocycles. The van der Waals surface area contributed by atoms with Gasteiger partial charge in [0.25, 0.3) is 0 Å². The highest BCUT2D eigenvalue weighted by Crippen LogP contribution is 2.14. The van der Waals surface area contributed by atoms with Crippen LogP contribution in [-0.4, -0.2) is 44.9 Å². The van der Waals surface area contributed by atoms with Gasteiger partial charge in [0.05, 0.1) is 17.9 Å². The van der Waals surface area contributed by atoms with E-state index in [9.17, 15) is 9.59 Å². The lowest BCUT2D eigenvalue weighted by molar-refractivity contribution is -0.145. The van der Waals surface area contributed by atoms with Gasteiger partial charge in [-0.2, -0.15) is 0 Å². The molecule has 0 aliphatic carbocycles. The van der Waals surface area contributed by atoms with Crippen molar-refractivity contribution in [2.45, 2.75) is 12.5 Å². The van der Waals surface area contributed by atoms with Gasteiger partial charge in [-0.25, -0.2) is 14.3 Å². The smallest absolute Gasteiger partial charge is 0.347 e. The normalized spacial score (nSPS) is 17.8. The van der Waals surface area contributed by atoms with E-state index in [4.69, 9.17) is 9.47 Å². The number of aromatic nitrogens is 4. The zero-order valence-electron chi connectivity index (χ0n) is 10.3. The Hall–Kier alpha value is -2.77. The van der Waals surface area contributed by atoms with Crippen LogP contribution in [0.2, 0.25) is 0 Å². The molecule has 1 aromatic heterocycles. The van der Waals surface area contributed by atoms with E-state index < -0.39 is 18.0 Å². The summed E-state index contributed by atoms with van der Waals surface area (Å²) in [6.07, 6.45) is 1.04. The van der Waals surface area contributed by atoms with Gasteiger partial charge in [0, 0.05) is 6.42 Å². The average molecular weight is 274 g/mol. The summed E-state index contributed by atoms with van der Waals surface area (Å²) in [4.78, 5) is 23.1. The second-order valence-electron chi connectivity index (χ2n) is 4.15. The first-order chi connectivity index (χ1) is 9.74. The summed E-state index contributed by atoms with van der Waals surface area (Å²) in [7, 11) is 0. The molecule has 0 spiro atoms. The van der Waals surface area contributed by atoms with Crippen molar-refractivity contribution in [2.75, 3.05) is 6.61 Å². The zero-order valence-corrected chi connectivity index (χ0v) is 10.3. The first-order valence-electron chi connectivity index (χ1n) is 5.95. The molecule has 20 heavy (non-hydrogen) atoms. The molecule has 1 saturated heterocycles. The quantitative estimate of drug-likeness (QED) is 0.734. The third-order valence-corrected chi connectivity index (χ3v) is 2.85. The first-order valence-corrected chi connectivity index (χ1v) is 5.95.